The predicted octanol–water partition coefficient (Wildman–Crippen LogP) is -3.66. The summed E-state index contributed by atoms with van der Waals surface area (Å²) >= 11 is 7.96. The van der Waals surface area contributed by atoms with E-state index in [4.69, 9.17) is 0 Å². The van der Waals surface area contributed by atoms with E-state index in [1.165, 1.54) is 0 Å². The topological polar surface area (TPSA) is 101 Å². The number of halogens is 1. The van der Waals surface area contributed by atoms with Gasteiger partial charge in [0.1, 0.15) is 6.17 Å². The predicted molar refractivity (Wildman–Crippen MR) is 150 cm³/mol. The number of nitrogens with one attached hydrogen (secondary N) is 7. The van der Waals surface area contributed by atoms with Gasteiger partial charge in [0.25, 0.3) is 0 Å². The SMILES string of the molecule is C1=CC2C3NC(NC4NC(NC5[NH2+]C(NC6NC(N3)C3SC=CC63)C3SC=CC53)C3SC=CC43)C2S1.[I-]. The lowest BCUT2D eigenvalue weighted by molar-refractivity contribution is -0.713. The van der Waals surface area contributed by atoms with E-state index >= 15 is 0 Å². The van der Waals surface area contributed by atoms with E-state index in [0.717, 1.165) is 0 Å². The highest BCUT2D eigenvalue weighted by Crippen LogP contribution is 2.44. The van der Waals surface area contributed by atoms with Gasteiger partial charge < -0.3 is 29.3 Å². The fourth-order valence-electron chi connectivity index (χ4n) is 7.85. The molecule has 0 amide bonds. The number of nitrogens with two attached hydrogens (primary N) is 1. The molecule has 0 saturated carbocycles. The molecule has 0 spiro atoms. The standard InChI is InChI=1S/C24H32N8S4.HI/c1-5-33-13-9(1)17-25-21(13)30-18-11-3-7-35-15(11)23(27-18)32-20-12-4-8-36-16(12)24(28-20)31-19-10-2-6-34-14(10)22(26-19)29-17;/h1-32H;1H. The van der Waals surface area contributed by atoms with E-state index in [1.54, 1.807) is 0 Å². The van der Waals surface area contributed by atoms with Crippen molar-refractivity contribution in [2.75, 3.05) is 0 Å². The van der Waals surface area contributed by atoms with Crippen molar-refractivity contribution < 1.29 is 29.3 Å². The molecule has 37 heavy (non-hydrogen) atoms. The first-order valence-electron chi connectivity index (χ1n) is 13.3. The van der Waals surface area contributed by atoms with Gasteiger partial charge in [-0.1, -0.05) is 24.3 Å². The third-order valence-corrected chi connectivity index (χ3v) is 14.4. The second-order valence-electron chi connectivity index (χ2n) is 11.3. The first-order valence-corrected chi connectivity index (χ1v) is 17.0. The summed E-state index contributed by atoms with van der Waals surface area (Å²) in [6.07, 6.45) is 12.1. The van der Waals surface area contributed by atoms with Crippen LogP contribution in [-0.2, 0) is 0 Å². The Balaban J connectivity index is 0.00000215. The van der Waals surface area contributed by atoms with Crippen molar-refractivity contribution in [3.05, 3.63) is 45.9 Å². The molecule has 8 bridgehead atoms. The van der Waals surface area contributed by atoms with Crippen LogP contribution in [0.15, 0.2) is 45.9 Å². The summed E-state index contributed by atoms with van der Waals surface area (Å²) < 4.78 is 0. The average molecular weight is 689 g/mol. The molecule has 200 valence electrons. The summed E-state index contributed by atoms with van der Waals surface area (Å²) in [6.45, 7) is 0. The molecule has 8 nitrogen and oxygen atoms in total. The summed E-state index contributed by atoms with van der Waals surface area (Å²) in [5, 5.41) is 42.1. The molecular formula is C24H33IN8S4. The van der Waals surface area contributed by atoms with Gasteiger partial charge in [-0.25, -0.2) is 0 Å². The van der Waals surface area contributed by atoms with Gasteiger partial charge in [-0.2, -0.15) is 0 Å². The minimum Gasteiger partial charge on any atom is -1.00 e. The van der Waals surface area contributed by atoms with Crippen LogP contribution in [0, 0.1) is 23.7 Å². The smallest absolute Gasteiger partial charge is 0.155 e. The lowest BCUT2D eigenvalue weighted by Gasteiger charge is -2.28. The van der Waals surface area contributed by atoms with Gasteiger partial charge in [0, 0.05) is 33.5 Å². The Kier molecular flexibility index (Phi) is 6.85. The van der Waals surface area contributed by atoms with Gasteiger partial charge in [0.15, 0.2) is 6.17 Å². The molecule has 16 unspecified atom stereocenters. The van der Waals surface area contributed by atoms with E-state index in [2.05, 4.69) is 88.5 Å². The molecule has 9 N–H and O–H groups in total. The Morgan fingerprint density at radius 1 is 0.405 bits per heavy atom. The van der Waals surface area contributed by atoms with Crippen molar-refractivity contribution in [2.24, 2.45) is 23.7 Å². The molecule has 9 heterocycles. The number of rotatable bonds is 0. The largest absolute Gasteiger partial charge is 1.00 e. The molecule has 9 rings (SSSR count). The minimum absolute atomic E-state index is 0. The molecular weight excluding hydrogens is 655 g/mol. The van der Waals surface area contributed by atoms with Crippen molar-refractivity contribution in [3.63, 3.8) is 0 Å². The molecule has 5 saturated heterocycles. The maximum Gasteiger partial charge on any atom is 0.155 e. The van der Waals surface area contributed by atoms with E-state index in [1.807, 2.05) is 47.0 Å². The van der Waals surface area contributed by atoms with Gasteiger partial charge in [-0.05, 0) is 21.6 Å². The second-order valence-corrected chi connectivity index (χ2v) is 15.7. The quantitative estimate of drug-likeness (QED) is 0.121. The van der Waals surface area contributed by atoms with Crippen LogP contribution in [0.25, 0.3) is 0 Å². The molecule has 16 atom stereocenters. The number of hydrogen-bond acceptors (Lipinski definition) is 11. The highest BCUT2D eigenvalue weighted by Gasteiger charge is 2.56. The first kappa shape index (κ1) is 25.5. The highest BCUT2D eigenvalue weighted by molar-refractivity contribution is 8.03. The summed E-state index contributed by atoms with van der Waals surface area (Å²) in [5.74, 6) is 2.02. The third-order valence-electron chi connectivity index (χ3n) is 9.53. The van der Waals surface area contributed by atoms with E-state index in [9.17, 15) is 0 Å². The zero-order chi connectivity index (χ0) is 23.4. The van der Waals surface area contributed by atoms with E-state index in [-0.39, 0.29) is 61.0 Å². The van der Waals surface area contributed by atoms with Crippen molar-refractivity contribution in [3.8, 4) is 0 Å². The lowest BCUT2D eigenvalue weighted by atomic mass is 10.0. The maximum atomic E-state index is 4.08. The molecule has 9 aliphatic heterocycles. The number of fused-ring (bicyclic) bond motifs is 20. The Labute approximate surface area is 251 Å². The molecule has 5 fully saturated rings. The molecule has 0 aromatic rings. The zero-order valence-electron chi connectivity index (χ0n) is 19.9. The molecule has 0 radical (unpaired) electrons. The van der Waals surface area contributed by atoms with Crippen molar-refractivity contribution in [2.45, 2.75) is 70.3 Å². The molecule has 0 aromatic heterocycles. The Hall–Kier alpha value is 0.770. The normalized spacial score (nSPS) is 57.9. The monoisotopic (exact) mass is 688 g/mol. The molecule has 13 heteroatoms. The zero-order valence-corrected chi connectivity index (χ0v) is 25.4. The summed E-state index contributed by atoms with van der Waals surface area (Å²) in [7, 11) is 0. The van der Waals surface area contributed by atoms with Crippen molar-refractivity contribution in [1.29, 1.82) is 0 Å². The first-order chi connectivity index (χ1) is 17.8. The average Bonchev–Trinajstić information content (AvgIpc) is 3.67. The van der Waals surface area contributed by atoms with Crippen LogP contribution in [0.1, 0.15) is 0 Å². The third kappa shape index (κ3) is 4.05. The van der Waals surface area contributed by atoms with Gasteiger partial charge in [-0.15, -0.1) is 47.0 Å². The second kappa shape index (κ2) is 9.95. The van der Waals surface area contributed by atoms with Gasteiger partial charge in [0.2, 0.25) is 0 Å². The van der Waals surface area contributed by atoms with Crippen LogP contribution in [0.3, 0.4) is 0 Å². The fourth-order valence-corrected chi connectivity index (χ4v) is 12.7. The number of hydrogen-bond donors (Lipinski definition) is 8. The van der Waals surface area contributed by atoms with E-state index < -0.39 is 0 Å². The van der Waals surface area contributed by atoms with Crippen LogP contribution >= 0.6 is 47.0 Å². The van der Waals surface area contributed by atoms with Crippen LogP contribution in [0.2, 0.25) is 0 Å². The van der Waals surface area contributed by atoms with Crippen LogP contribution in [0.4, 0.5) is 0 Å². The van der Waals surface area contributed by atoms with Gasteiger partial charge >= 0.3 is 0 Å². The van der Waals surface area contributed by atoms with Gasteiger partial charge in [0.05, 0.1) is 48.2 Å². The van der Waals surface area contributed by atoms with Crippen LogP contribution < -0.4 is 66.5 Å². The van der Waals surface area contributed by atoms with Crippen LogP contribution in [-0.4, -0.2) is 70.3 Å². The summed E-state index contributed by atoms with van der Waals surface area (Å²) in [6, 6.07) is 0. The summed E-state index contributed by atoms with van der Waals surface area (Å²) in [5.41, 5.74) is 0. The number of quaternary nitrogens is 1. The fraction of sp³-hybridized carbons (Fsp3) is 0.667. The molecule has 9 aliphatic rings. The minimum atomic E-state index is 0. The Morgan fingerprint density at radius 2 is 0.784 bits per heavy atom. The Morgan fingerprint density at radius 3 is 1.30 bits per heavy atom. The lowest BCUT2D eigenvalue weighted by Crippen LogP contribution is -3.00. The highest BCUT2D eigenvalue weighted by atomic mass is 127. The maximum absolute atomic E-state index is 4.08. The molecule has 0 aromatic carbocycles. The van der Waals surface area contributed by atoms with Crippen molar-refractivity contribution in [1.82, 2.24) is 37.2 Å². The van der Waals surface area contributed by atoms with Gasteiger partial charge in [-0.3, -0.25) is 37.2 Å². The van der Waals surface area contributed by atoms with Crippen LogP contribution in [0.5, 0.6) is 0 Å². The Bertz CT molecular complexity index is 886. The summed E-state index contributed by atoms with van der Waals surface area (Å²) in [4.78, 5) is 0. The van der Waals surface area contributed by atoms with E-state index in [0.29, 0.717) is 57.0 Å². The van der Waals surface area contributed by atoms with Crippen molar-refractivity contribution >= 4 is 47.0 Å². The molecule has 0 aliphatic carbocycles. The number of thioether (sulfide) groups is 4.